The van der Waals surface area contributed by atoms with Crippen molar-refractivity contribution in [2.24, 2.45) is 17.2 Å². The molecule has 7 rings (SSSR count). The second-order valence-electron chi connectivity index (χ2n) is 14.2. The van der Waals surface area contributed by atoms with Crippen molar-refractivity contribution in [3.63, 3.8) is 0 Å². The predicted molar refractivity (Wildman–Crippen MR) is 215 cm³/mol. The zero-order valence-electron chi connectivity index (χ0n) is 32.6. The highest BCUT2D eigenvalue weighted by molar-refractivity contribution is 6.05. The van der Waals surface area contributed by atoms with Crippen molar-refractivity contribution < 1.29 is 24.0 Å². The van der Waals surface area contributed by atoms with Crippen molar-refractivity contribution in [3.8, 4) is 0 Å². The largest absolute Gasteiger partial charge is 0.366 e. The maximum atomic E-state index is 14.2. The lowest BCUT2D eigenvalue weighted by molar-refractivity contribution is -0.130. The van der Waals surface area contributed by atoms with Gasteiger partial charge in [0.2, 0.25) is 29.6 Å². The molecular weight excluding hydrogens is 745 g/mol. The lowest BCUT2D eigenvalue weighted by Crippen LogP contribution is -2.40. The molecule has 0 spiro atoms. The fourth-order valence-electron chi connectivity index (χ4n) is 7.51. The highest BCUT2D eigenvalue weighted by Gasteiger charge is 2.25. The molecule has 5 heterocycles. The maximum absolute atomic E-state index is 14.2. The van der Waals surface area contributed by atoms with Gasteiger partial charge in [0.1, 0.15) is 11.4 Å². The maximum Gasteiger partial charge on any atom is 0.276 e. The van der Waals surface area contributed by atoms with Crippen LogP contribution in [0.4, 0.5) is 11.9 Å². The van der Waals surface area contributed by atoms with E-state index in [4.69, 9.17) is 22.2 Å². The lowest BCUT2D eigenvalue weighted by Gasteiger charge is -2.24. The van der Waals surface area contributed by atoms with E-state index in [0.29, 0.717) is 65.1 Å². The quantitative estimate of drug-likeness (QED) is 0.174. The molecule has 0 fully saturated rings. The third kappa shape index (κ3) is 7.75. The first-order valence-electron chi connectivity index (χ1n) is 19.2. The van der Waals surface area contributed by atoms with E-state index in [1.54, 1.807) is 65.9 Å². The number of nitrogens with one attached hydrogen (secondary N) is 2. The molecule has 0 atom stereocenters. The summed E-state index contributed by atoms with van der Waals surface area (Å²) in [6.07, 6.45) is 2.82. The van der Waals surface area contributed by atoms with Crippen molar-refractivity contribution in [2.75, 3.05) is 30.3 Å². The molecule has 0 saturated heterocycles. The molecule has 0 saturated carbocycles. The molecular formula is C39H46N14O5. The van der Waals surface area contributed by atoms with E-state index in [2.05, 4.69) is 25.8 Å². The number of anilines is 2. The average Bonchev–Trinajstić information content (AvgIpc) is 3.94. The second kappa shape index (κ2) is 16.3. The Bertz CT molecular complexity index is 2600. The van der Waals surface area contributed by atoms with Gasteiger partial charge in [-0.25, -0.2) is 9.97 Å². The molecule has 0 unspecified atom stereocenters. The van der Waals surface area contributed by atoms with Crippen LogP contribution in [0.3, 0.4) is 0 Å². The molecule has 8 N–H and O–H groups in total. The Morgan fingerprint density at radius 1 is 0.741 bits per heavy atom. The first-order valence-corrected chi connectivity index (χ1v) is 19.2. The van der Waals surface area contributed by atoms with Gasteiger partial charge in [-0.3, -0.25) is 44.0 Å². The van der Waals surface area contributed by atoms with Gasteiger partial charge < -0.3 is 31.2 Å². The second-order valence-corrected chi connectivity index (χ2v) is 14.2. The Labute approximate surface area is 332 Å². The van der Waals surface area contributed by atoms with Gasteiger partial charge in [0.25, 0.3) is 11.8 Å². The molecule has 19 heteroatoms. The van der Waals surface area contributed by atoms with Gasteiger partial charge in [-0.15, -0.1) is 0 Å². The summed E-state index contributed by atoms with van der Waals surface area (Å²) in [5, 5.41) is 15.2. The molecule has 58 heavy (non-hydrogen) atoms. The summed E-state index contributed by atoms with van der Waals surface area (Å²) in [5.41, 5.74) is 22.6. The number of aryl methyl sites for hydroxylation is 4. The number of rotatable bonds is 4. The van der Waals surface area contributed by atoms with Gasteiger partial charge in [0.05, 0.1) is 40.0 Å². The topological polar surface area (TPSA) is 262 Å². The number of benzene rings is 2. The molecule has 6 aromatic rings. The zero-order chi connectivity index (χ0) is 41.2. The highest BCUT2D eigenvalue weighted by atomic mass is 16.2. The summed E-state index contributed by atoms with van der Waals surface area (Å²) in [4.78, 5) is 76.7. The van der Waals surface area contributed by atoms with Crippen LogP contribution in [0.25, 0.3) is 22.1 Å². The van der Waals surface area contributed by atoms with Crippen LogP contribution in [-0.2, 0) is 37.4 Å². The first kappa shape index (κ1) is 39.3. The normalized spacial score (nSPS) is 14.7. The molecule has 0 bridgehead atoms. The minimum absolute atomic E-state index is 0.136. The zero-order valence-corrected chi connectivity index (χ0v) is 32.6. The number of hydrogen-bond donors (Lipinski definition) is 5. The number of primary amides is 2. The number of imidazole rings is 2. The number of carbonyl (C=O) groups excluding carboxylic acids is 5. The number of nitrogens with zero attached hydrogens (tertiary/aromatic N) is 9. The number of amides is 5. The molecule has 4 aromatic heterocycles. The van der Waals surface area contributed by atoms with Gasteiger partial charge in [0.15, 0.2) is 0 Å². The number of carbonyl (C=O) groups is 5. The average molecular weight is 791 g/mol. The predicted octanol–water partition coefficient (Wildman–Crippen LogP) is 2.33. The molecule has 0 radical (unpaired) electrons. The molecule has 1 aliphatic heterocycles. The summed E-state index contributed by atoms with van der Waals surface area (Å²) >= 11 is 0. The summed E-state index contributed by atoms with van der Waals surface area (Å²) in [5.74, 6) is -2.03. The van der Waals surface area contributed by atoms with Gasteiger partial charge in [-0.1, -0.05) is 6.42 Å². The van der Waals surface area contributed by atoms with Crippen molar-refractivity contribution in [3.05, 3.63) is 81.9 Å². The lowest BCUT2D eigenvalue weighted by atomic mass is 10.0. The standard InChI is InChI=1S/C39H46N14O5/c1-4-52-33-26(23(3)48-52)8-6-5-7-13-53-31(18-22(2)47-53)36(57)45-38-43-27-19-24(34(41)55)9-11-29(27)50(38)16-14-49(32(54)21-40)15-17-51-30-12-10-25(35(42)56)20-28(30)44-39(51)46-37(33)58/h9-12,18-20H,4-8,13-17,21,40H2,1-3H3,(H2,41,55)(H2,42,56)(H,43,45,57)(H,44,46,58). The Morgan fingerprint density at radius 3 is 1.88 bits per heavy atom. The van der Waals surface area contributed by atoms with Crippen LogP contribution >= 0.6 is 0 Å². The Balaban J connectivity index is 1.31. The summed E-state index contributed by atoms with van der Waals surface area (Å²) in [7, 11) is 0. The third-order valence-corrected chi connectivity index (χ3v) is 10.4. The third-order valence-electron chi connectivity index (χ3n) is 10.4. The molecule has 2 aromatic carbocycles. The highest BCUT2D eigenvalue weighted by Crippen LogP contribution is 2.26. The van der Waals surface area contributed by atoms with Crippen molar-refractivity contribution in [1.82, 2.24) is 43.6 Å². The van der Waals surface area contributed by atoms with Crippen LogP contribution in [0.15, 0.2) is 42.5 Å². The SMILES string of the molecule is CCn1nc(C)c2c1C(=O)Nc1nc3cc(C(N)=O)ccc3n1CCN(C(=O)CN)CCn1c(nc3cc(C(N)=O)ccc31)NC(=O)c1cc(C)nn1CCCCC2. The number of hydrogen-bond acceptors (Lipinski definition) is 10. The summed E-state index contributed by atoms with van der Waals surface area (Å²) in [6, 6.07) is 11.4. The van der Waals surface area contributed by atoms with Gasteiger partial charge in [-0.2, -0.15) is 10.2 Å². The fourth-order valence-corrected chi connectivity index (χ4v) is 7.51. The molecule has 1 aliphatic rings. The monoisotopic (exact) mass is 790 g/mol. The fraction of sp³-hybridized carbons (Fsp3) is 0.359. The van der Waals surface area contributed by atoms with E-state index in [1.807, 2.05) is 20.8 Å². The minimum Gasteiger partial charge on any atom is -0.366 e. The van der Waals surface area contributed by atoms with Gasteiger partial charge in [-0.05, 0) is 82.5 Å². The minimum atomic E-state index is -0.628. The van der Waals surface area contributed by atoms with Crippen LogP contribution in [0.5, 0.6) is 0 Å². The number of nitrogens with two attached hydrogens (primary N) is 3. The molecule has 0 aliphatic carbocycles. The summed E-state index contributed by atoms with van der Waals surface area (Å²) < 4.78 is 6.88. The van der Waals surface area contributed by atoms with Gasteiger partial charge in [0, 0.05) is 56.0 Å². The van der Waals surface area contributed by atoms with Crippen LogP contribution in [0, 0.1) is 13.8 Å². The number of aromatic nitrogens is 8. The Hall–Kier alpha value is -6.89. The smallest absolute Gasteiger partial charge is 0.276 e. The van der Waals surface area contributed by atoms with E-state index in [9.17, 15) is 24.0 Å². The number of fused-ring (bicyclic) bond motifs is 8. The first-order chi connectivity index (χ1) is 27.9. The van der Waals surface area contributed by atoms with E-state index in [1.165, 1.54) is 0 Å². The Kier molecular flexibility index (Phi) is 11.1. The van der Waals surface area contributed by atoms with Crippen LogP contribution in [0.1, 0.15) is 84.8 Å². The van der Waals surface area contributed by atoms with Crippen LogP contribution < -0.4 is 27.8 Å². The molecule has 302 valence electrons. The van der Waals surface area contributed by atoms with E-state index >= 15 is 0 Å². The molecule has 5 amide bonds. The van der Waals surface area contributed by atoms with Crippen molar-refractivity contribution in [1.29, 1.82) is 0 Å². The van der Waals surface area contributed by atoms with E-state index in [-0.39, 0.29) is 61.7 Å². The van der Waals surface area contributed by atoms with E-state index < -0.39 is 23.6 Å². The summed E-state index contributed by atoms with van der Waals surface area (Å²) in [6.45, 7) is 6.89. The van der Waals surface area contributed by atoms with Crippen LogP contribution in [0.2, 0.25) is 0 Å². The molecule has 19 nitrogen and oxygen atoms in total. The van der Waals surface area contributed by atoms with Crippen molar-refractivity contribution in [2.45, 2.75) is 72.6 Å². The van der Waals surface area contributed by atoms with E-state index in [0.717, 1.165) is 24.1 Å². The van der Waals surface area contributed by atoms with Crippen molar-refractivity contribution >= 4 is 63.5 Å². The van der Waals surface area contributed by atoms with Crippen LogP contribution in [-0.4, -0.2) is 92.7 Å². The van der Waals surface area contributed by atoms with Gasteiger partial charge >= 0.3 is 0 Å². The Morgan fingerprint density at radius 2 is 1.33 bits per heavy atom.